The predicted molar refractivity (Wildman–Crippen MR) is 143 cm³/mol. The minimum atomic E-state index is 0.0264. The number of thiazole rings is 1. The zero-order chi connectivity index (χ0) is 23.9. The third-order valence-corrected chi connectivity index (χ3v) is 8.43. The van der Waals surface area contributed by atoms with Gasteiger partial charge in [-0.05, 0) is 95.4 Å². The molecule has 2 aliphatic carbocycles. The van der Waals surface area contributed by atoms with E-state index < -0.39 is 0 Å². The molecule has 3 N–H and O–H groups in total. The maximum atomic E-state index is 12.4. The van der Waals surface area contributed by atoms with Crippen LogP contribution in [0.25, 0.3) is 6.08 Å². The molecule has 0 spiro atoms. The van der Waals surface area contributed by atoms with Crippen LogP contribution in [0.5, 0.6) is 0 Å². The van der Waals surface area contributed by atoms with E-state index in [1.165, 1.54) is 61.3 Å². The first-order chi connectivity index (χ1) is 16.5. The molecule has 1 amide bonds. The molecule has 1 atom stereocenters. The maximum Gasteiger partial charge on any atom is 0.244 e. The summed E-state index contributed by atoms with van der Waals surface area (Å²) in [5, 5.41) is 3.94. The molecule has 1 saturated carbocycles. The first kappa shape index (κ1) is 24.9. The molecule has 184 valence electrons. The zero-order valence-corrected chi connectivity index (χ0v) is 21.6. The molecule has 0 aliphatic heterocycles. The van der Waals surface area contributed by atoms with E-state index in [9.17, 15) is 4.79 Å². The number of benzene rings is 1. The number of carbonyl (C=O) groups excluding carboxylic acids is 1. The minimum Gasteiger partial charge on any atom is -0.375 e. The van der Waals surface area contributed by atoms with Crippen LogP contribution in [-0.4, -0.2) is 41.0 Å². The van der Waals surface area contributed by atoms with Crippen LogP contribution in [0.15, 0.2) is 30.3 Å². The number of hydrogen-bond donors (Lipinski definition) is 2. The van der Waals surface area contributed by atoms with Gasteiger partial charge in [-0.25, -0.2) is 4.98 Å². The van der Waals surface area contributed by atoms with E-state index >= 15 is 0 Å². The number of nitrogen functional groups attached to an aromatic ring is 1. The summed E-state index contributed by atoms with van der Waals surface area (Å²) >= 11 is 1.68. The molecule has 5 nitrogen and oxygen atoms in total. The molecule has 2 aromatic rings. The number of aryl methyl sites for hydroxylation is 2. The van der Waals surface area contributed by atoms with Gasteiger partial charge >= 0.3 is 0 Å². The Labute approximate surface area is 208 Å². The van der Waals surface area contributed by atoms with Gasteiger partial charge in [0.1, 0.15) is 0 Å². The zero-order valence-electron chi connectivity index (χ0n) is 20.8. The molecule has 6 heteroatoms. The Balaban J connectivity index is 1.19. The second-order valence-corrected chi connectivity index (χ2v) is 11.2. The predicted octanol–water partition coefficient (Wildman–Crippen LogP) is 5.38. The number of carbonyl (C=O) groups is 1. The summed E-state index contributed by atoms with van der Waals surface area (Å²) in [6.45, 7) is 6.71. The van der Waals surface area contributed by atoms with Gasteiger partial charge in [0.05, 0.1) is 5.69 Å². The van der Waals surface area contributed by atoms with Crippen LogP contribution in [0.3, 0.4) is 0 Å². The third kappa shape index (κ3) is 6.92. The van der Waals surface area contributed by atoms with Gasteiger partial charge in [-0.3, -0.25) is 4.79 Å². The Hall–Kier alpha value is -2.18. The van der Waals surface area contributed by atoms with Crippen molar-refractivity contribution >= 4 is 28.5 Å². The fourth-order valence-corrected chi connectivity index (χ4v) is 6.45. The Morgan fingerprint density at radius 3 is 2.68 bits per heavy atom. The summed E-state index contributed by atoms with van der Waals surface area (Å²) in [6, 6.07) is 9.17. The molecule has 1 unspecified atom stereocenters. The van der Waals surface area contributed by atoms with Gasteiger partial charge in [0, 0.05) is 23.0 Å². The first-order valence-corrected chi connectivity index (χ1v) is 13.8. The molecule has 1 aromatic heterocycles. The molecular weight excluding hydrogens is 440 g/mol. The van der Waals surface area contributed by atoms with Gasteiger partial charge < -0.3 is 16.0 Å². The number of nitrogens with zero attached hydrogens (tertiary/aromatic N) is 2. The molecule has 1 aromatic carbocycles. The number of nitrogens with two attached hydrogens (primary N) is 1. The van der Waals surface area contributed by atoms with E-state index in [2.05, 4.69) is 41.2 Å². The van der Waals surface area contributed by atoms with Crippen molar-refractivity contribution < 1.29 is 4.79 Å². The minimum absolute atomic E-state index is 0.0264. The van der Waals surface area contributed by atoms with E-state index in [4.69, 9.17) is 5.73 Å². The quantitative estimate of drug-likeness (QED) is 0.473. The van der Waals surface area contributed by atoms with Gasteiger partial charge in [0.2, 0.25) is 5.91 Å². The summed E-state index contributed by atoms with van der Waals surface area (Å²) in [7, 11) is 0. The number of hydrogen-bond acceptors (Lipinski definition) is 5. The maximum absolute atomic E-state index is 12.4. The fourth-order valence-electron chi connectivity index (χ4n) is 5.50. The number of anilines is 1. The molecule has 0 bridgehead atoms. The van der Waals surface area contributed by atoms with E-state index in [0.29, 0.717) is 12.1 Å². The number of rotatable bonds is 9. The highest BCUT2D eigenvalue weighted by atomic mass is 32.1. The molecule has 4 rings (SSSR count). The van der Waals surface area contributed by atoms with Gasteiger partial charge in [0.15, 0.2) is 5.13 Å². The highest BCUT2D eigenvalue weighted by molar-refractivity contribution is 7.15. The number of amides is 1. The van der Waals surface area contributed by atoms with E-state index in [0.717, 1.165) is 42.3 Å². The Morgan fingerprint density at radius 2 is 1.94 bits per heavy atom. The monoisotopic (exact) mass is 480 g/mol. The van der Waals surface area contributed by atoms with E-state index in [-0.39, 0.29) is 5.91 Å². The van der Waals surface area contributed by atoms with Crippen molar-refractivity contribution in [1.82, 2.24) is 15.2 Å². The smallest absolute Gasteiger partial charge is 0.244 e. The fraction of sp³-hybridized carbons (Fsp3) is 0.571. The molecule has 2 aliphatic rings. The van der Waals surface area contributed by atoms with Crippen molar-refractivity contribution in [1.29, 1.82) is 0 Å². The average molecular weight is 481 g/mol. The van der Waals surface area contributed by atoms with Gasteiger partial charge in [-0.1, -0.05) is 36.8 Å². The first-order valence-electron chi connectivity index (χ1n) is 13.0. The van der Waals surface area contributed by atoms with Gasteiger partial charge in [-0.15, -0.1) is 11.3 Å². The van der Waals surface area contributed by atoms with Crippen LogP contribution >= 0.6 is 11.3 Å². The van der Waals surface area contributed by atoms with Crippen LogP contribution in [0.1, 0.15) is 73.6 Å². The number of nitrogens with one attached hydrogen (secondary N) is 1. The van der Waals surface area contributed by atoms with E-state index in [1.807, 2.05) is 18.2 Å². The lowest BCUT2D eigenvalue weighted by molar-refractivity contribution is -0.117. The summed E-state index contributed by atoms with van der Waals surface area (Å²) in [6.07, 6.45) is 14.0. The van der Waals surface area contributed by atoms with Crippen LogP contribution in [0.4, 0.5) is 5.13 Å². The van der Waals surface area contributed by atoms with Crippen molar-refractivity contribution in [2.24, 2.45) is 5.92 Å². The summed E-state index contributed by atoms with van der Waals surface area (Å²) in [4.78, 5) is 21.0. The number of aromatic nitrogens is 1. The van der Waals surface area contributed by atoms with Crippen LogP contribution < -0.4 is 11.1 Å². The lowest BCUT2D eigenvalue weighted by Crippen LogP contribution is -2.41. The highest BCUT2D eigenvalue weighted by Gasteiger charge is 2.28. The largest absolute Gasteiger partial charge is 0.375 e. The second kappa shape index (κ2) is 12.0. The molecular formula is C28H40N4OS. The van der Waals surface area contributed by atoms with Crippen molar-refractivity contribution in [2.75, 3.05) is 18.8 Å². The van der Waals surface area contributed by atoms with Crippen LogP contribution in [0.2, 0.25) is 0 Å². The molecule has 0 saturated heterocycles. The van der Waals surface area contributed by atoms with Crippen molar-refractivity contribution in [2.45, 2.75) is 83.7 Å². The normalized spacial score (nSPS) is 22.7. The van der Waals surface area contributed by atoms with Gasteiger partial charge in [-0.2, -0.15) is 0 Å². The highest BCUT2D eigenvalue weighted by Crippen LogP contribution is 2.32. The second-order valence-electron chi connectivity index (χ2n) is 10.1. The number of fused-ring (bicyclic) bond motifs is 1. The Kier molecular flexibility index (Phi) is 8.79. The summed E-state index contributed by atoms with van der Waals surface area (Å²) in [5.74, 6) is 0.798. The van der Waals surface area contributed by atoms with Gasteiger partial charge in [0.25, 0.3) is 0 Å². The third-order valence-electron chi connectivity index (χ3n) is 7.48. The lowest BCUT2D eigenvalue weighted by Gasteiger charge is -2.36. The SMILES string of the molecule is CCCN(CCC1CCC(NC(=O)/C=C/c2ccc(C)cc2)CC1)C1CCc2nc(N)sc2C1. The average Bonchev–Trinajstić information content (AvgIpc) is 3.21. The molecule has 34 heavy (non-hydrogen) atoms. The summed E-state index contributed by atoms with van der Waals surface area (Å²) < 4.78 is 0. The Bertz CT molecular complexity index is 959. The van der Waals surface area contributed by atoms with Crippen LogP contribution in [0, 0.1) is 12.8 Å². The van der Waals surface area contributed by atoms with Crippen molar-refractivity contribution in [3.63, 3.8) is 0 Å². The van der Waals surface area contributed by atoms with Crippen molar-refractivity contribution in [3.05, 3.63) is 52.0 Å². The molecule has 0 radical (unpaired) electrons. The Morgan fingerprint density at radius 1 is 1.18 bits per heavy atom. The molecule has 1 heterocycles. The van der Waals surface area contributed by atoms with E-state index in [1.54, 1.807) is 17.4 Å². The topological polar surface area (TPSA) is 71.2 Å². The van der Waals surface area contributed by atoms with Crippen LogP contribution in [-0.2, 0) is 17.6 Å². The molecule has 1 fully saturated rings. The lowest BCUT2D eigenvalue weighted by atomic mass is 9.83. The summed E-state index contributed by atoms with van der Waals surface area (Å²) in [5.41, 5.74) is 9.48. The standard InChI is InChI=1S/C28H40N4OS/c1-3-17-32(24-13-14-25-26(19-24)34-28(29)31-25)18-16-22-8-11-23(12-9-22)30-27(33)15-10-21-6-4-20(2)5-7-21/h4-7,10,15,22-24H,3,8-9,11-14,16-19H2,1-2H3,(H2,29,31)(H,30,33)/b15-10+. The van der Waals surface area contributed by atoms with Crippen molar-refractivity contribution in [3.8, 4) is 0 Å².